The maximum atomic E-state index is 12.4. The molecule has 2 aromatic carbocycles. The highest BCUT2D eigenvalue weighted by Gasteiger charge is 2.30. The van der Waals surface area contributed by atoms with E-state index in [1.165, 1.54) is 0 Å². The minimum Gasteiger partial charge on any atom is -0.454 e. The quantitative estimate of drug-likeness (QED) is 0.918. The first-order valence-corrected chi connectivity index (χ1v) is 8.65. The number of nitrogens with one attached hydrogen (secondary N) is 1. The normalized spacial score (nSPS) is 18.3. The zero-order chi connectivity index (χ0) is 18.1. The first-order chi connectivity index (χ1) is 12.6. The van der Waals surface area contributed by atoms with Crippen molar-refractivity contribution in [1.29, 1.82) is 0 Å². The molecule has 1 saturated heterocycles. The minimum absolute atomic E-state index is 0.0937. The van der Waals surface area contributed by atoms with Gasteiger partial charge in [-0.1, -0.05) is 17.7 Å². The molecule has 0 aliphatic carbocycles. The van der Waals surface area contributed by atoms with Gasteiger partial charge in [0.2, 0.25) is 12.7 Å². The molecule has 0 aromatic heterocycles. The number of ether oxygens (including phenoxy) is 2. The van der Waals surface area contributed by atoms with Gasteiger partial charge >= 0.3 is 0 Å². The van der Waals surface area contributed by atoms with Crippen LogP contribution in [0.1, 0.15) is 22.3 Å². The number of rotatable bonds is 4. The number of hydrogen-bond acceptors (Lipinski definition) is 4. The maximum Gasteiger partial charge on any atom is 0.251 e. The lowest BCUT2D eigenvalue weighted by Crippen LogP contribution is -2.31. The number of nitrogens with zero attached hydrogens (tertiary/aromatic N) is 1. The van der Waals surface area contributed by atoms with Crippen LogP contribution in [0, 0.1) is 12.8 Å². The van der Waals surface area contributed by atoms with Gasteiger partial charge in [-0.25, -0.2) is 0 Å². The van der Waals surface area contributed by atoms with Crippen LogP contribution in [0.2, 0.25) is 0 Å². The average Bonchev–Trinajstić information content (AvgIpc) is 3.26. The van der Waals surface area contributed by atoms with Crippen LogP contribution in [0.5, 0.6) is 11.5 Å². The summed E-state index contributed by atoms with van der Waals surface area (Å²) in [5, 5.41) is 2.92. The van der Waals surface area contributed by atoms with Crippen molar-refractivity contribution >= 4 is 17.5 Å². The summed E-state index contributed by atoms with van der Waals surface area (Å²) in [5.74, 6) is 1.25. The van der Waals surface area contributed by atoms with E-state index >= 15 is 0 Å². The molecular weight excluding hydrogens is 332 g/mol. The number of amides is 2. The Hall–Kier alpha value is -3.02. The van der Waals surface area contributed by atoms with Crippen molar-refractivity contribution in [3.63, 3.8) is 0 Å². The van der Waals surface area contributed by atoms with E-state index in [1.807, 2.05) is 31.2 Å². The van der Waals surface area contributed by atoms with Crippen LogP contribution in [0.3, 0.4) is 0 Å². The molecule has 4 rings (SSSR count). The molecule has 0 saturated carbocycles. The van der Waals surface area contributed by atoms with Crippen molar-refractivity contribution in [2.75, 3.05) is 24.8 Å². The highest BCUT2D eigenvalue weighted by atomic mass is 16.7. The molecule has 1 N–H and O–H groups in total. The molecule has 0 unspecified atom stereocenters. The summed E-state index contributed by atoms with van der Waals surface area (Å²) in [7, 11) is 0. The van der Waals surface area contributed by atoms with Gasteiger partial charge in [0, 0.05) is 36.7 Å². The third-order valence-corrected chi connectivity index (χ3v) is 4.74. The van der Waals surface area contributed by atoms with Crippen LogP contribution in [0.15, 0.2) is 42.5 Å². The molecule has 2 aliphatic rings. The van der Waals surface area contributed by atoms with E-state index in [9.17, 15) is 9.59 Å². The zero-order valence-electron chi connectivity index (χ0n) is 14.5. The maximum absolute atomic E-state index is 12.4. The predicted molar refractivity (Wildman–Crippen MR) is 96.5 cm³/mol. The first kappa shape index (κ1) is 16.4. The van der Waals surface area contributed by atoms with E-state index in [0.717, 1.165) is 11.3 Å². The Morgan fingerprint density at radius 1 is 1.15 bits per heavy atom. The van der Waals surface area contributed by atoms with Crippen molar-refractivity contribution in [3.05, 3.63) is 53.6 Å². The van der Waals surface area contributed by atoms with E-state index < -0.39 is 0 Å². The van der Waals surface area contributed by atoms with Crippen molar-refractivity contribution in [2.45, 2.75) is 13.3 Å². The number of carbonyl (C=O) groups excluding carboxylic acids is 2. The van der Waals surface area contributed by atoms with E-state index in [4.69, 9.17) is 9.47 Å². The lowest BCUT2D eigenvalue weighted by molar-refractivity contribution is -0.117. The van der Waals surface area contributed by atoms with Crippen molar-refractivity contribution < 1.29 is 19.1 Å². The Bertz CT molecular complexity index is 847. The molecule has 2 amide bonds. The van der Waals surface area contributed by atoms with E-state index in [1.54, 1.807) is 23.1 Å². The summed E-state index contributed by atoms with van der Waals surface area (Å²) in [5.41, 5.74) is 2.59. The molecule has 1 fully saturated rings. The molecule has 0 bridgehead atoms. The first-order valence-electron chi connectivity index (χ1n) is 8.65. The zero-order valence-corrected chi connectivity index (χ0v) is 14.5. The topological polar surface area (TPSA) is 67.9 Å². The van der Waals surface area contributed by atoms with Crippen LogP contribution < -0.4 is 19.7 Å². The Kier molecular flexibility index (Phi) is 4.24. The van der Waals surface area contributed by atoms with Gasteiger partial charge in [-0.05, 0) is 37.3 Å². The predicted octanol–water partition coefficient (Wildman–Crippen LogP) is 2.51. The second kappa shape index (κ2) is 6.71. The summed E-state index contributed by atoms with van der Waals surface area (Å²) in [4.78, 5) is 26.4. The van der Waals surface area contributed by atoms with Gasteiger partial charge in [-0.15, -0.1) is 0 Å². The molecule has 2 aromatic rings. The second-order valence-corrected chi connectivity index (χ2v) is 6.69. The summed E-state index contributed by atoms with van der Waals surface area (Å²) in [6.07, 6.45) is 0.440. The molecule has 1 atom stereocenters. The van der Waals surface area contributed by atoms with Gasteiger partial charge in [-0.3, -0.25) is 9.59 Å². The Morgan fingerprint density at radius 3 is 2.73 bits per heavy atom. The van der Waals surface area contributed by atoms with E-state index in [-0.39, 0.29) is 24.5 Å². The highest BCUT2D eigenvalue weighted by Crippen LogP contribution is 2.32. The molecule has 0 spiro atoms. The standard InChI is InChI=1S/C20H20N2O4/c1-13-2-5-16(6-3-13)22-11-14(8-19(22)23)10-21-20(24)15-4-7-17-18(9-15)26-12-25-17/h2-7,9,14H,8,10-12H2,1H3,(H,21,24)/t14-/m0/s1. The monoisotopic (exact) mass is 352 g/mol. The molecule has 2 aliphatic heterocycles. The Balaban J connectivity index is 1.35. The number of fused-ring (bicyclic) bond motifs is 1. The third-order valence-electron chi connectivity index (χ3n) is 4.74. The molecule has 6 heteroatoms. The third kappa shape index (κ3) is 3.22. The van der Waals surface area contributed by atoms with Gasteiger partial charge in [0.1, 0.15) is 0 Å². The molecule has 2 heterocycles. The lowest BCUT2D eigenvalue weighted by atomic mass is 10.1. The number of anilines is 1. The Morgan fingerprint density at radius 2 is 1.92 bits per heavy atom. The van der Waals surface area contributed by atoms with Gasteiger partial charge in [0.25, 0.3) is 5.91 Å². The van der Waals surface area contributed by atoms with E-state index in [2.05, 4.69) is 5.32 Å². The molecule has 6 nitrogen and oxygen atoms in total. The average molecular weight is 352 g/mol. The highest BCUT2D eigenvalue weighted by molar-refractivity contribution is 5.96. The van der Waals surface area contributed by atoms with Crippen molar-refractivity contribution in [2.24, 2.45) is 5.92 Å². The molecule has 26 heavy (non-hydrogen) atoms. The fourth-order valence-electron chi connectivity index (χ4n) is 3.27. The van der Waals surface area contributed by atoms with Gasteiger partial charge in [0.05, 0.1) is 0 Å². The molecular formula is C20H20N2O4. The fourth-order valence-corrected chi connectivity index (χ4v) is 3.27. The van der Waals surface area contributed by atoms with Crippen molar-refractivity contribution in [1.82, 2.24) is 5.32 Å². The van der Waals surface area contributed by atoms with Crippen LogP contribution in [0.25, 0.3) is 0 Å². The minimum atomic E-state index is -0.176. The number of hydrogen-bond donors (Lipinski definition) is 1. The second-order valence-electron chi connectivity index (χ2n) is 6.69. The van der Waals surface area contributed by atoms with Crippen LogP contribution >= 0.6 is 0 Å². The van der Waals surface area contributed by atoms with Gasteiger partial charge in [-0.2, -0.15) is 0 Å². The van der Waals surface area contributed by atoms with Gasteiger partial charge < -0.3 is 19.7 Å². The van der Waals surface area contributed by atoms with E-state index in [0.29, 0.717) is 36.6 Å². The van der Waals surface area contributed by atoms with Crippen molar-refractivity contribution in [3.8, 4) is 11.5 Å². The van der Waals surface area contributed by atoms with Crippen LogP contribution in [-0.2, 0) is 4.79 Å². The fraction of sp³-hybridized carbons (Fsp3) is 0.300. The Labute approximate surface area is 151 Å². The number of benzene rings is 2. The van der Waals surface area contributed by atoms with Crippen LogP contribution in [0.4, 0.5) is 5.69 Å². The smallest absolute Gasteiger partial charge is 0.251 e. The molecule has 134 valence electrons. The van der Waals surface area contributed by atoms with Gasteiger partial charge in [0.15, 0.2) is 11.5 Å². The summed E-state index contributed by atoms with van der Waals surface area (Å²) in [6, 6.07) is 13.0. The largest absolute Gasteiger partial charge is 0.454 e. The number of carbonyl (C=O) groups is 2. The summed E-state index contributed by atoms with van der Waals surface area (Å²) in [6.45, 7) is 3.27. The SMILES string of the molecule is Cc1ccc(N2C[C@H](CNC(=O)c3ccc4c(c3)OCO4)CC2=O)cc1. The summed E-state index contributed by atoms with van der Waals surface area (Å²) >= 11 is 0. The lowest BCUT2D eigenvalue weighted by Gasteiger charge is -2.17. The summed E-state index contributed by atoms with van der Waals surface area (Å²) < 4.78 is 10.5. The number of aryl methyl sites for hydroxylation is 1. The molecule has 0 radical (unpaired) electrons. The van der Waals surface area contributed by atoms with Crippen LogP contribution in [-0.4, -0.2) is 31.7 Å².